The highest BCUT2D eigenvalue weighted by atomic mass is 32.2. The SMILES string of the molecule is CN1Cn2c(nc3ccc([N+](=O)[O-])cc32)S1. The highest BCUT2D eigenvalue weighted by molar-refractivity contribution is 7.97. The van der Waals surface area contributed by atoms with Crippen LogP contribution in [0.1, 0.15) is 0 Å². The molecule has 0 fully saturated rings. The number of hydrogen-bond donors (Lipinski definition) is 0. The van der Waals surface area contributed by atoms with Gasteiger partial charge in [-0.05, 0) is 25.1 Å². The van der Waals surface area contributed by atoms with Crippen molar-refractivity contribution in [3.05, 3.63) is 28.3 Å². The quantitative estimate of drug-likeness (QED) is 0.429. The van der Waals surface area contributed by atoms with Gasteiger partial charge >= 0.3 is 0 Å². The Bertz CT molecular complexity index is 594. The van der Waals surface area contributed by atoms with Crippen molar-refractivity contribution in [2.75, 3.05) is 7.05 Å². The van der Waals surface area contributed by atoms with Gasteiger partial charge in [-0.25, -0.2) is 9.29 Å². The summed E-state index contributed by atoms with van der Waals surface area (Å²) in [6.45, 7) is 0.706. The summed E-state index contributed by atoms with van der Waals surface area (Å²) in [6.07, 6.45) is 0. The Balaban J connectivity index is 2.23. The second-order valence-corrected chi connectivity index (χ2v) is 4.78. The zero-order valence-corrected chi connectivity index (χ0v) is 9.27. The first-order valence-corrected chi connectivity index (χ1v) is 5.46. The molecule has 82 valence electrons. The van der Waals surface area contributed by atoms with E-state index < -0.39 is 0 Å². The summed E-state index contributed by atoms with van der Waals surface area (Å²) in [4.78, 5) is 14.7. The molecule has 2 heterocycles. The van der Waals surface area contributed by atoms with Crippen LogP contribution >= 0.6 is 11.9 Å². The van der Waals surface area contributed by atoms with Gasteiger partial charge in [0.25, 0.3) is 5.69 Å². The van der Waals surface area contributed by atoms with Crippen LogP contribution in [0.4, 0.5) is 5.69 Å². The molecule has 0 amide bonds. The predicted octanol–water partition coefficient (Wildman–Crippen LogP) is 1.85. The van der Waals surface area contributed by atoms with Gasteiger partial charge in [-0.3, -0.25) is 10.1 Å². The van der Waals surface area contributed by atoms with Gasteiger partial charge in [0, 0.05) is 12.1 Å². The molecule has 7 heteroatoms. The number of nitro groups is 1. The maximum Gasteiger partial charge on any atom is 0.271 e. The van der Waals surface area contributed by atoms with E-state index >= 15 is 0 Å². The molecule has 0 spiro atoms. The van der Waals surface area contributed by atoms with E-state index in [1.165, 1.54) is 6.07 Å². The number of nitrogens with zero attached hydrogens (tertiary/aromatic N) is 4. The normalized spacial score (nSPS) is 15.6. The second kappa shape index (κ2) is 3.19. The lowest BCUT2D eigenvalue weighted by Gasteiger charge is -2.03. The lowest BCUT2D eigenvalue weighted by Crippen LogP contribution is -2.05. The first-order valence-electron chi connectivity index (χ1n) is 4.69. The molecule has 0 aliphatic carbocycles. The number of hydrogen-bond acceptors (Lipinski definition) is 5. The third-order valence-electron chi connectivity index (χ3n) is 2.49. The van der Waals surface area contributed by atoms with Gasteiger partial charge in [0.1, 0.15) is 0 Å². The fourth-order valence-electron chi connectivity index (χ4n) is 1.78. The lowest BCUT2D eigenvalue weighted by molar-refractivity contribution is -0.384. The predicted molar refractivity (Wildman–Crippen MR) is 60.0 cm³/mol. The lowest BCUT2D eigenvalue weighted by atomic mass is 10.3. The summed E-state index contributed by atoms with van der Waals surface area (Å²) in [5.74, 6) is 0. The Labute approximate surface area is 95.1 Å². The maximum absolute atomic E-state index is 10.7. The van der Waals surface area contributed by atoms with Gasteiger partial charge in [0.15, 0.2) is 5.16 Å². The number of rotatable bonds is 1. The minimum atomic E-state index is -0.384. The van der Waals surface area contributed by atoms with Crippen molar-refractivity contribution in [1.29, 1.82) is 0 Å². The largest absolute Gasteiger partial charge is 0.303 e. The van der Waals surface area contributed by atoms with E-state index in [9.17, 15) is 10.1 Å². The molecule has 2 aromatic rings. The topological polar surface area (TPSA) is 64.2 Å². The molecule has 0 radical (unpaired) electrons. The molecule has 0 N–H and O–H groups in total. The Hall–Kier alpha value is -1.60. The monoisotopic (exact) mass is 236 g/mol. The van der Waals surface area contributed by atoms with E-state index in [1.807, 2.05) is 15.9 Å². The summed E-state index contributed by atoms with van der Waals surface area (Å²) in [6, 6.07) is 4.75. The first kappa shape index (κ1) is 9.61. The van der Waals surface area contributed by atoms with Crippen LogP contribution in [0.15, 0.2) is 23.4 Å². The average molecular weight is 236 g/mol. The highest BCUT2D eigenvalue weighted by Crippen LogP contribution is 2.33. The summed E-state index contributed by atoms with van der Waals surface area (Å²) in [7, 11) is 1.96. The molecule has 0 atom stereocenters. The van der Waals surface area contributed by atoms with Gasteiger partial charge in [0.2, 0.25) is 0 Å². The molecule has 6 nitrogen and oxygen atoms in total. The molecule has 0 saturated carbocycles. The van der Waals surface area contributed by atoms with Crippen LogP contribution in [-0.2, 0) is 6.67 Å². The van der Waals surface area contributed by atoms with Crippen molar-refractivity contribution in [2.24, 2.45) is 0 Å². The van der Waals surface area contributed by atoms with E-state index in [1.54, 1.807) is 24.1 Å². The fraction of sp³-hybridized carbons (Fsp3) is 0.222. The Kier molecular flexibility index (Phi) is 1.92. The van der Waals surface area contributed by atoms with Gasteiger partial charge in [-0.1, -0.05) is 0 Å². The van der Waals surface area contributed by atoms with E-state index in [-0.39, 0.29) is 10.6 Å². The molecule has 1 aliphatic heterocycles. The standard InChI is InChI=1S/C9H8N4O2S/c1-11-5-12-8-4-6(13(14)15)2-3-7(8)10-9(12)16-11/h2-4H,5H2,1H3. The number of imidazole rings is 1. The molecular formula is C9H8N4O2S. The smallest absolute Gasteiger partial charge is 0.271 e. The Morgan fingerprint density at radius 2 is 2.38 bits per heavy atom. The van der Waals surface area contributed by atoms with Crippen LogP contribution in [0.2, 0.25) is 0 Å². The molecule has 0 bridgehead atoms. The van der Waals surface area contributed by atoms with Crippen LogP contribution in [0.25, 0.3) is 11.0 Å². The fourth-order valence-corrected chi connectivity index (χ4v) is 2.62. The third kappa shape index (κ3) is 1.29. The molecule has 1 aromatic heterocycles. The van der Waals surface area contributed by atoms with Gasteiger partial charge in [-0.15, -0.1) is 0 Å². The van der Waals surface area contributed by atoms with E-state index in [0.29, 0.717) is 6.67 Å². The van der Waals surface area contributed by atoms with Crippen LogP contribution in [0, 0.1) is 10.1 Å². The van der Waals surface area contributed by atoms with Crippen LogP contribution in [0.3, 0.4) is 0 Å². The number of benzene rings is 1. The Morgan fingerprint density at radius 3 is 3.12 bits per heavy atom. The zero-order chi connectivity index (χ0) is 11.3. The first-order chi connectivity index (χ1) is 7.65. The molecule has 3 rings (SSSR count). The van der Waals surface area contributed by atoms with Crippen molar-refractivity contribution in [3.8, 4) is 0 Å². The summed E-state index contributed by atoms with van der Waals surface area (Å²) in [5.41, 5.74) is 1.73. The van der Waals surface area contributed by atoms with Crippen LogP contribution in [0.5, 0.6) is 0 Å². The minimum absolute atomic E-state index is 0.106. The van der Waals surface area contributed by atoms with E-state index in [0.717, 1.165) is 16.2 Å². The van der Waals surface area contributed by atoms with Gasteiger partial charge < -0.3 is 4.57 Å². The van der Waals surface area contributed by atoms with Crippen molar-refractivity contribution < 1.29 is 4.92 Å². The number of aromatic nitrogens is 2. The zero-order valence-electron chi connectivity index (χ0n) is 8.45. The van der Waals surface area contributed by atoms with Crippen molar-refractivity contribution in [1.82, 2.24) is 13.9 Å². The summed E-state index contributed by atoms with van der Waals surface area (Å²) in [5, 5.41) is 11.6. The third-order valence-corrected chi connectivity index (χ3v) is 3.39. The molecular weight excluding hydrogens is 228 g/mol. The van der Waals surface area contributed by atoms with Crippen molar-refractivity contribution >= 4 is 28.7 Å². The number of fused-ring (bicyclic) bond motifs is 3. The summed E-state index contributed by atoms with van der Waals surface area (Å²) >= 11 is 1.55. The summed E-state index contributed by atoms with van der Waals surface area (Å²) < 4.78 is 4.01. The van der Waals surface area contributed by atoms with E-state index in [4.69, 9.17) is 0 Å². The molecule has 0 unspecified atom stereocenters. The number of nitro benzene ring substituents is 1. The second-order valence-electron chi connectivity index (χ2n) is 3.61. The minimum Gasteiger partial charge on any atom is -0.303 e. The molecule has 16 heavy (non-hydrogen) atoms. The average Bonchev–Trinajstić information content (AvgIpc) is 2.72. The van der Waals surface area contributed by atoms with Crippen LogP contribution < -0.4 is 0 Å². The molecule has 0 saturated heterocycles. The molecule has 1 aliphatic rings. The number of non-ortho nitro benzene ring substituents is 1. The van der Waals surface area contributed by atoms with Crippen molar-refractivity contribution in [3.63, 3.8) is 0 Å². The Morgan fingerprint density at radius 1 is 1.56 bits per heavy atom. The van der Waals surface area contributed by atoms with E-state index in [2.05, 4.69) is 4.98 Å². The highest BCUT2D eigenvalue weighted by Gasteiger charge is 2.22. The molecule has 1 aromatic carbocycles. The van der Waals surface area contributed by atoms with Crippen LogP contribution in [-0.4, -0.2) is 25.8 Å². The maximum atomic E-state index is 10.7. The van der Waals surface area contributed by atoms with Crippen molar-refractivity contribution in [2.45, 2.75) is 11.8 Å². The van der Waals surface area contributed by atoms with Gasteiger partial charge in [0.05, 0.1) is 22.6 Å². The van der Waals surface area contributed by atoms with Gasteiger partial charge in [-0.2, -0.15) is 0 Å².